The Morgan fingerprint density at radius 2 is 1.78 bits per heavy atom. The lowest BCUT2D eigenvalue weighted by molar-refractivity contribution is 0.0512. The number of alkyl carbamates (subject to hydrolysis) is 1. The van der Waals surface area contributed by atoms with E-state index in [2.05, 4.69) is 27.2 Å². The Bertz CT molecular complexity index is 1140. The maximum Gasteiger partial charge on any atom is 0.407 e. The van der Waals surface area contributed by atoms with Gasteiger partial charge in [-0.15, -0.1) is 0 Å². The molecule has 0 bridgehead atoms. The number of amides is 2. The molecule has 0 saturated heterocycles. The molecule has 1 aromatic carbocycles. The van der Waals surface area contributed by atoms with Crippen LogP contribution in [0.3, 0.4) is 0 Å². The van der Waals surface area contributed by atoms with Crippen LogP contribution in [0.4, 0.5) is 4.79 Å². The van der Waals surface area contributed by atoms with Crippen molar-refractivity contribution in [3.63, 3.8) is 0 Å². The van der Waals surface area contributed by atoms with Gasteiger partial charge in [0, 0.05) is 30.9 Å². The zero-order valence-corrected chi connectivity index (χ0v) is 21.4. The minimum absolute atomic E-state index is 0.146. The van der Waals surface area contributed by atoms with Crippen LogP contribution in [0.15, 0.2) is 54.2 Å². The van der Waals surface area contributed by atoms with Crippen molar-refractivity contribution in [1.82, 2.24) is 15.6 Å². The number of allylic oxidation sites excluding steroid dienone is 1. The number of carbonyl (C=O) groups excluding carboxylic acids is 2. The molecule has 0 spiro atoms. The van der Waals surface area contributed by atoms with Gasteiger partial charge in [-0.25, -0.2) is 9.78 Å². The van der Waals surface area contributed by atoms with Crippen molar-refractivity contribution in [3.8, 4) is 0 Å². The largest absolute Gasteiger partial charge is 0.444 e. The molecule has 0 unspecified atom stereocenters. The van der Waals surface area contributed by atoms with Crippen molar-refractivity contribution < 1.29 is 14.3 Å². The average Bonchev–Trinajstić information content (AvgIpc) is 2.85. The highest BCUT2D eigenvalue weighted by Gasteiger charge is 2.24. The molecule has 0 aliphatic heterocycles. The second-order valence-electron chi connectivity index (χ2n) is 10.1. The molecule has 1 aromatic heterocycles. The number of hydrogen-bond acceptors (Lipinski definition) is 6. The van der Waals surface area contributed by atoms with E-state index in [0.717, 1.165) is 31.1 Å². The molecule has 3 rings (SSSR count). The summed E-state index contributed by atoms with van der Waals surface area (Å²) < 4.78 is 5.31. The van der Waals surface area contributed by atoms with Crippen molar-refractivity contribution in [2.45, 2.75) is 52.1 Å². The highest BCUT2D eigenvalue weighted by atomic mass is 16.6. The quantitative estimate of drug-likeness (QED) is 0.458. The van der Waals surface area contributed by atoms with E-state index in [0.29, 0.717) is 47.4 Å². The third-order valence-electron chi connectivity index (χ3n) is 6.15. The zero-order valence-electron chi connectivity index (χ0n) is 21.4. The van der Waals surface area contributed by atoms with Crippen molar-refractivity contribution in [1.29, 1.82) is 0 Å². The molecule has 1 fully saturated rings. The zero-order chi connectivity index (χ0) is 26.1. The van der Waals surface area contributed by atoms with Gasteiger partial charge in [0.1, 0.15) is 11.3 Å². The molecule has 4 N–H and O–H groups in total. The number of hydrogen-bond donors (Lipinski definition) is 3. The minimum atomic E-state index is -0.498. The molecule has 192 valence electrons. The number of nitrogens with zero attached hydrogens (tertiary/aromatic N) is 2. The molecule has 2 aromatic rings. The highest BCUT2D eigenvalue weighted by molar-refractivity contribution is 6.06. The number of nitrogens with two attached hydrogens (primary N) is 1. The van der Waals surface area contributed by atoms with Crippen molar-refractivity contribution in [2.24, 2.45) is 22.6 Å². The lowest BCUT2D eigenvalue weighted by Gasteiger charge is -2.29. The van der Waals surface area contributed by atoms with E-state index in [1.54, 1.807) is 12.1 Å². The van der Waals surface area contributed by atoms with Crippen LogP contribution in [0, 0.1) is 11.8 Å². The Kier molecular flexibility index (Phi) is 9.22. The van der Waals surface area contributed by atoms with Gasteiger partial charge in [-0.2, -0.15) is 0 Å². The van der Waals surface area contributed by atoms with Crippen LogP contribution in [-0.2, 0) is 4.74 Å². The first-order chi connectivity index (χ1) is 17.2. The number of fused-ring (bicyclic) bond motifs is 1. The third kappa shape index (κ3) is 7.66. The molecule has 2 amide bonds. The van der Waals surface area contributed by atoms with Crippen LogP contribution >= 0.6 is 0 Å². The fraction of sp³-hybridized carbons (Fsp3) is 0.429. The van der Waals surface area contributed by atoms with Gasteiger partial charge in [-0.05, 0) is 70.4 Å². The molecular weight excluding hydrogens is 454 g/mol. The summed E-state index contributed by atoms with van der Waals surface area (Å²) in [6, 6.07) is 9.27. The highest BCUT2D eigenvalue weighted by Crippen LogP contribution is 2.28. The predicted molar refractivity (Wildman–Crippen MR) is 145 cm³/mol. The second-order valence-corrected chi connectivity index (χ2v) is 10.1. The summed E-state index contributed by atoms with van der Waals surface area (Å²) in [5.74, 6) is 0.678. The van der Waals surface area contributed by atoms with Gasteiger partial charge >= 0.3 is 6.09 Å². The fourth-order valence-electron chi connectivity index (χ4n) is 4.34. The Morgan fingerprint density at radius 3 is 2.39 bits per heavy atom. The number of carbonyl (C=O) groups is 2. The van der Waals surface area contributed by atoms with E-state index in [9.17, 15) is 9.59 Å². The lowest BCUT2D eigenvalue weighted by Crippen LogP contribution is -2.37. The molecule has 8 heteroatoms. The topological polar surface area (TPSA) is 119 Å². The van der Waals surface area contributed by atoms with Gasteiger partial charge in [0.05, 0.1) is 16.8 Å². The van der Waals surface area contributed by atoms with E-state index in [-0.39, 0.29) is 12.0 Å². The molecule has 1 aliphatic rings. The van der Waals surface area contributed by atoms with Gasteiger partial charge in [0.2, 0.25) is 0 Å². The van der Waals surface area contributed by atoms with Gasteiger partial charge in [0.15, 0.2) is 0 Å². The maximum atomic E-state index is 13.2. The van der Waals surface area contributed by atoms with E-state index >= 15 is 0 Å². The third-order valence-corrected chi connectivity index (χ3v) is 6.15. The summed E-state index contributed by atoms with van der Waals surface area (Å²) in [4.78, 5) is 34.0. The monoisotopic (exact) mass is 491 g/mol. The van der Waals surface area contributed by atoms with Crippen LogP contribution in [-0.4, -0.2) is 41.9 Å². The molecule has 0 radical (unpaired) electrons. The van der Waals surface area contributed by atoms with Crippen LogP contribution in [0.5, 0.6) is 0 Å². The number of nitrogens with one attached hydrogen (secondary N) is 2. The Hall–Kier alpha value is -3.68. The van der Waals surface area contributed by atoms with Crippen LogP contribution < -0.4 is 16.4 Å². The van der Waals surface area contributed by atoms with Crippen molar-refractivity contribution in [3.05, 3.63) is 60.4 Å². The maximum absolute atomic E-state index is 13.2. The van der Waals surface area contributed by atoms with Gasteiger partial charge in [0.25, 0.3) is 5.91 Å². The molecule has 8 nitrogen and oxygen atoms in total. The van der Waals surface area contributed by atoms with Gasteiger partial charge < -0.3 is 21.1 Å². The van der Waals surface area contributed by atoms with Gasteiger partial charge in [-0.1, -0.05) is 30.9 Å². The first kappa shape index (κ1) is 26.9. The van der Waals surface area contributed by atoms with Crippen LogP contribution in [0.1, 0.15) is 62.5 Å². The smallest absolute Gasteiger partial charge is 0.407 e. The molecule has 1 saturated carbocycles. The number of aromatic nitrogens is 1. The van der Waals surface area contributed by atoms with Gasteiger partial charge in [-0.3, -0.25) is 9.79 Å². The Balaban J connectivity index is 1.59. The second kappa shape index (κ2) is 12.3. The number of aliphatic imine (C=N–C) groups is 1. The molecule has 36 heavy (non-hydrogen) atoms. The summed E-state index contributed by atoms with van der Waals surface area (Å²) in [6.07, 6.45) is 8.10. The number of pyridine rings is 1. The summed E-state index contributed by atoms with van der Waals surface area (Å²) in [5, 5.41) is 6.77. The van der Waals surface area contributed by atoms with E-state index in [4.69, 9.17) is 10.5 Å². The number of ether oxygens (including phenoxy) is 1. The lowest BCUT2D eigenvalue weighted by atomic mass is 9.82. The first-order valence-electron chi connectivity index (χ1n) is 12.4. The fourth-order valence-corrected chi connectivity index (χ4v) is 4.34. The van der Waals surface area contributed by atoms with Crippen molar-refractivity contribution in [2.75, 3.05) is 13.1 Å². The van der Waals surface area contributed by atoms with Crippen LogP contribution in [0.25, 0.3) is 16.6 Å². The Labute approximate surface area is 213 Å². The standard InChI is InChI=1S/C28H37N5O3/c1-5-14-30-25(16-29)24-15-22(21-8-6-7-9-23(21)33-24)26(34)31-17-19-10-12-20(13-11-19)18-32-27(35)36-28(2,3)4/h5-9,14-16,19-20H,1,10-13,17-18,29H2,2-4H3,(H,31,34)(H,32,35)/b25-16-,30-14?. The normalized spacial score (nSPS) is 18.7. The van der Waals surface area contributed by atoms with E-state index in [1.807, 2.05) is 45.0 Å². The summed E-state index contributed by atoms with van der Waals surface area (Å²) >= 11 is 0. The van der Waals surface area contributed by atoms with E-state index in [1.165, 1.54) is 12.4 Å². The summed E-state index contributed by atoms with van der Waals surface area (Å²) in [7, 11) is 0. The predicted octanol–water partition coefficient (Wildman–Crippen LogP) is 4.81. The number of benzene rings is 1. The molecule has 0 atom stereocenters. The average molecular weight is 492 g/mol. The molecular formula is C28H37N5O3. The SMILES string of the molecule is C=CC=N/C(=C\N)c1cc(C(=O)NCC2CCC(CNC(=O)OC(C)(C)C)CC2)c2ccccc2n1. The summed E-state index contributed by atoms with van der Waals surface area (Å²) in [5.41, 5.74) is 7.50. The first-order valence-corrected chi connectivity index (χ1v) is 12.4. The number of para-hydroxylation sites is 1. The minimum Gasteiger partial charge on any atom is -0.444 e. The number of rotatable bonds is 8. The summed E-state index contributed by atoms with van der Waals surface area (Å²) in [6.45, 7) is 10.4. The van der Waals surface area contributed by atoms with Crippen LogP contribution in [0.2, 0.25) is 0 Å². The molecule has 1 heterocycles. The molecule has 1 aliphatic carbocycles. The van der Waals surface area contributed by atoms with Crippen molar-refractivity contribution >= 4 is 34.8 Å². The Morgan fingerprint density at radius 1 is 1.14 bits per heavy atom. The van der Waals surface area contributed by atoms with E-state index < -0.39 is 5.60 Å².